The van der Waals surface area contributed by atoms with Crippen molar-refractivity contribution < 1.29 is 4.39 Å². The predicted octanol–water partition coefficient (Wildman–Crippen LogP) is 0.250. The number of alkyl halides is 1. The fourth-order valence-electron chi connectivity index (χ4n) is 2.32. The third-order valence-electron chi connectivity index (χ3n) is 2.93. The molecule has 0 aromatic heterocycles. The van der Waals surface area contributed by atoms with E-state index in [1.807, 2.05) is 0 Å². The third-order valence-corrected chi connectivity index (χ3v) is 2.93. The number of nitrogens with zero attached hydrogens (tertiary/aromatic N) is 1. The average molecular weight is 158 g/mol. The van der Waals surface area contributed by atoms with Crippen LogP contribution in [0, 0.1) is 5.92 Å². The van der Waals surface area contributed by atoms with E-state index < -0.39 is 0 Å². The maximum absolute atomic E-state index is 12.0. The number of nitrogens with one attached hydrogen (secondary N) is 1. The normalized spacial score (nSPS) is 37.9. The third kappa shape index (κ3) is 1.27. The minimum absolute atomic E-state index is 0.191. The summed E-state index contributed by atoms with van der Waals surface area (Å²) in [5.74, 6) is 0.807. The zero-order chi connectivity index (χ0) is 7.68. The van der Waals surface area contributed by atoms with E-state index in [9.17, 15) is 4.39 Å². The van der Waals surface area contributed by atoms with Crippen molar-refractivity contribution in [3.8, 4) is 0 Å². The zero-order valence-electron chi connectivity index (χ0n) is 6.72. The van der Waals surface area contributed by atoms with Gasteiger partial charge in [-0.3, -0.25) is 4.90 Å². The van der Waals surface area contributed by atoms with E-state index in [-0.39, 0.29) is 6.67 Å². The van der Waals surface area contributed by atoms with Gasteiger partial charge in [-0.05, 0) is 25.4 Å². The lowest BCUT2D eigenvalue weighted by Crippen LogP contribution is -2.35. The van der Waals surface area contributed by atoms with Crippen LogP contribution in [0.1, 0.15) is 6.42 Å². The molecule has 0 amide bonds. The molecule has 2 aliphatic heterocycles. The van der Waals surface area contributed by atoms with Crippen LogP contribution in [0.5, 0.6) is 0 Å². The maximum atomic E-state index is 12.0. The topological polar surface area (TPSA) is 15.3 Å². The highest BCUT2D eigenvalue weighted by atomic mass is 19.1. The van der Waals surface area contributed by atoms with Crippen LogP contribution >= 0.6 is 0 Å². The van der Waals surface area contributed by atoms with Crippen molar-refractivity contribution in [3.63, 3.8) is 0 Å². The van der Waals surface area contributed by atoms with Crippen LogP contribution in [-0.2, 0) is 0 Å². The van der Waals surface area contributed by atoms with Crippen molar-refractivity contribution in [3.05, 3.63) is 0 Å². The number of rotatable bonds is 2. The molecule has 11 heavy (non-hydrogen) atoms. The standard InChI is InChI=1S/C8H15FN2/c9-2-4-11-3-1-7-5-10-6-8(7)11/h7-8,10H,1-6H2/t7-,8+/m1/s1. The van der Waals surface area contributed by atoms with E-state index >= 15 is 0 Å². The highest BCUT2D eigenvalue weighted by Crippen LogP contribution is 2.26. The smallest absolute Gasteiger partial charge is 0.102 e. The summed E-state index contributed by atoms with van der Waals surface area (Å²) in [7, 11) is 0. The minimum atomic E-state index is -0.191. The minimum Gasteiger partial charge on any atom is -0.315 e. The molecule has 2 heterocycles. The van der Waals surface area contributed by atoms with E-state index in [4.69, 9.17) is 0 Å². The molecule has 2 aliphatic rings. The average Bonchev–Trinajstić information content (AvgIpc) is 2.53. The molecule has 3 heteroatoms. The van der Waals surface area contributed by atoms with Crippen LogP contribution < -0.4 is 5.32 Å². The second-order valence-corrected chi connectivity index (χ2v) is 3.50. The molecule has 0 aromatic rings. The van der Waals surface area contributed by atoms with Crippen LogP contribution in [-0.4, -0.2) is 43.8 Å². The molecule has 2 nitrogen and oxygen atoms in total. The lowest BCUT2D eigenvalue weighted by molar-refractivity contribution is 0.230. The first-order valence-electron chi connectivity index (χ1n) is 4.42. The molecule has 0 spiro atoms. The first-order valence-corrected chi connectivity index (χ1v) is 4.42. The Morgan fingerprint density at radius 1 is 1.45 bits per heavy atom. The summed E-state index contributed by atoms with van der Waals surface area (Å²) in [5, 5.41) is 3.35. The molecule has 2 fully saturated rings. The summed E-state index contributed by atoms with van der Waals surface area (Å²) in [6.45, 7) is 3.78. The fraction of sp³-hybridized carbons (Fsp3) is 1.00. The van der Waals surface area contributed by atoms with Gasteiger partial charge in [-0.2, -0.15) is 0 Å². The summed E-state index contributed by atoms with van der Waals surface area (Å²) in [4.78, 5) is 2.28. The van der Waals surface area contributed by atoms with Gasteiger partial charge in [-0.1, -0.05) is 0 Å². The summed E-state index contributed by atoms with van der Waals surface area (Å²) < 4.78 is 12.0. The molecule has 2 saturated heterocycles. The summed E-state index contributed by atoms with van der Waals surface area (Å²) in [6.07, 6.45) is 1.26. The summed E-state index contributed by atoms with van der Waals surface area (Å²) in [5.41, 5.74) is 0. The monoisotopic (exact) mass is 158 g/mol. The Kier molecular flexibility index (Phi) is 2.09. The van der Waals surface area contributed by atoms with Gasteiger partial charge in [0.2, 0.25) is 0 Å². The van der Waals surface area contributed by atoms with Gasteiger partial charge in [0.25, 0.3) is 0 Å². The molecule has 0 bridgehead atoms. The number of fused-ring (bicyclic) bond motifs is 1. The molecule has 1 N–H and O–H groups in total. The molecule has 0 unspecified atom stereocenters. The Hall–Kier alpha value is -0.150. The largest absolute Gasteiger partial charge is 0.315 e. The van der Waals surface area contributed by atoms with Crippen LogP contribution in [0.4, 0.5) is 4.39 Å². The second-order valence-electron chi connectivity index (χ2n) is 3.50. The van der Waals surface area contributed by atoms with Gasteiger partial charge in [0.1, 0.15) is 6.67 Å². The van der Waals surface area contributed by atoms with Gasteiger partial charge in [0.05, 0.1) is 0 Å². The number of hydrogen-bond acceptors (Lipinski definition) is 2. The van der Waals surface area contributed by atoms with E-state index in [1.54, 1.807) is 0 Å². The van der Waals surface area contributed by atoms with Crippen molar-refractivity contribution in [2.45, 2.75) is 12.5 Å². The van der Waals surface area contributed by atoms with Crippen molar-refractivity contribution >= 4 is 0 Å². The van der Waals surface area contributed by atoms with E-state index in [2.05, 4.69) is 10.2 Å². The van der Waals surface area contributed by atoms with Crippen LogP contribution in [0.2, 0.25) is 0 Å². The Morgan fingerprint density at radius 3 is 3.18 bits per heavy atom. The molecular weight excluding hydrogens is 143 g/mol. The molecule has 64 valence electrons. The highest BCUT2D eigenvalue weighted by Gasteiger charge is 2.36. The lowest BCUT2D eigenvalue weighted by Gasteiger charge is -2.20. The van der Waals surface area contributed by atoms with Crippen LogP contribution in [0.25, 0.3) is 0 Å². The van der Waals surface area contributed by atoms with Gasteiger partial charge >= 0.3 is 0 Å². The maximum Gasteiger partial charge on any atom is 0.102 e. The SMILES string of the molecule is FCCN1CC[C@@H]2CNC[C@@H]21. The summed E-state index contributed by atoms with van der Waals surface area (Å²) in [6, 6.07) is 0.644. The lowest BCUT2D eigenvalue weighted by atomic mass is 10.1. The number of hydrogen-bond donors (Lipinski definition) is 1. The first-order chi connectivity index (χ1) is 5.42. The number of halogens is 1. The van der Waals surface area contributed by atoms with E-state index in [0.29, 0.717) is 12.6 Å². The van der Waals surface area contributed by atoms with Gasteiger partial charge < -0.3 is 5.32 Å². The zero-order valence-corrected chi connectivity index (χ0v) is 6.72. The van der Waals surface area contributed by atoms with Crippen molar-refractivity contribution in [2.24, 2.45) is 5.92 Å². The molecular formula is C8H15FN2. The van der Waals surface area contributed by atoms with Gasteiger partial charge in [0.15, 0.2) is 0 Å². The summed E-state index contributed by atoms with van der Waals surface area (Å²) >= 11 is 0. The molecule has 0 saturated carbocycles. The molecule has 2 atom stereocenters. The van der Waals surface area contributed by atoms with Crippen molar-refractivity contribution in [1.82, 2.24) is 10.2 Å². The predicted molar refractivity (Wildman–Crippen MR) is 42.3 cm³/mol. The molecule has 2 rings (SSSR count). The first kappa shape index (κ1) is 7.50. The Labute approximate surface area is 66.8 Å². The molecule has 0 radical (unpaired) electrons. The Morgan fingerprint density at radius 2 is 2.36 bits per heavy atom. The van der Waals surface area contributed by atoms with Gasteiger partial charge in [-0.15, -0.1) is 0 Å². The van der Waals surface area contributed by atoms with Gasteiger partial charge in [-0.25, -0.2) is 4.39 Å². The van der Waals surface area contributed by atoms with Crippen molar-refractivity contribution in [1.29, 1.82) is 0 Å². The Balaban J connectivity index is 1.92. The fourth-order valence-corrected chi connectivity index (χ4v) is 2.32. The Bertz CT molecular complexity index is 138. The highest BCUT2D eigenvalue weighted by molar-refractivity contribution is 4.94. The number of likely N-dealkylation sites (tertiary alicyclic amines) is 1. The quantitative estimate of drug-likeness (QED) is 0.619. The van der Waals surface area contributed by atoms with Crippen LogP contribution in [0.3, 0.4) is 0 Å². The molecule has 0 aromatic carbocycles. The molecule has 0 aliphatic carbocycles. The van der Waals surface area contributed by atoms with E-state index in [1.165, 1.54) is 6.42 Å². The van der Waals surface area contributed by atoms with Crippen molar-refractivity contribution in [2.75, 3.05) is 32.9 Å². The second kappa shape index (κ2) is 3.07. The van der Waals surface area contributed by atoms with Crippen LogP contribution in [0.15, 0.2) is 0 Å². The van der Waals surface area contributed by atoms with Gasteiger partial charge in [0, 0.05) is 19.1 Å². The van der Waals surface area contributed by atoms with E-state index in [0.717, 1.165) is 25.6 Å².